The van der Waals surface area contributed by atoms with Crippen LogP contribution in [0.4, 0.5) is 0 Å². The topological polar surface area (TPSA) is 149 Å². The molecule has 4 rings (SSSR count). The van der Waals surface area contributed by atoms with E-state index in [-0.39, 0.29) is 42.1 Å². The summed E-state index contributed by atoms with van der Waals surface area (Å²) in [5.41, 5.74) is 2.62. The van der Waals surface area contributed by atoms with E-state index in [2.05, 4.69) is 15.0 Å². The van der Waals surface area contributed by atoms with E-state index in [9.17, 15) is 27.9 Å². The molecule has 0 aliphatic carbocycles. The van der Waals surface area contributed by atoms with Gasteiger partial charge in [-0.05, 0) is 49.4 Å². The average molecular weight is 569 g/mol. The number of sulfonamides is 1. The maximum atomic E-state index is 13.3. The number of H-pyrrole nitrogens is 1. The minimum atomic E-state index is -3.91. The lowest BCUT2D eigenvalue weighted by molar-refractivity contribution is -0.143. The molecule has 40 heavy (non-hydrogen) atoms. The number of aliphatic carboxylic acids is 1. The summed E-state index contributed by atoms with van der Waals surface area (Å²) in [5.74, 6) is -2.57. The van der Waals surface area contributed by atoms with Crippen molar-refractivity contribution in [3.63, 3.8) is 0 Å². The third kappa shape index (κ3) is 6.71. The lowest BCUT2D eigenvalue weighted by Crippen LogP contribution is -2.54. The largest absolute Gasteiger partial charge is 0.480 e. The van der Waals surface area contributed by atoms with Crippen molar-refractivity contribution in [2.45, 2.75) is 57.0 Å². The number of carbonyl (C=O) groups excluding carboxylic acids is 2. The van der Waals surface area contributed by atoms with Gasteiger partial charge in [0.1, 0.15) is 12.1 Å². The quantitative estimate of drug-likeness (QED) is 0.296. The number of benzene rings is 2. The van der Waals surface area contributed by atoms with Gasteiger partial charge in [-0.3, -0.25) is 9.59 Å². The summed E-state index contributed by atoms with van der Waals surface area (Å²) in [6.45, 7) is 5.96. The Bertz CT molecular complexity index is 1470. The summed E-state index contributed by atoms with van der Waals surface area (Å²) in [7, 11) is -3.91. The minimum Gasteiger partial charge on any atom is -0.480 e. The highest BCUT2D eigenvalue weighted by molar-refractivity contribution is 7.89. The number of amides is 2. The van der Waals surface area contributed by atoms with Gasteiger partial charge in [-0.15, -0.1) is 0 Å². The Kier molecular flexibility index (Phi) is 8.95. The smallest absolute Gasteiger partial charge is 0.326 e. The Morgan fingerprint density at radius 3 is 2.33 bits per heavy atom. The van der Waals surface area contributed by atoms with E-state index in [4.69, 9.17) is 0 Å². The van der Waals surface area contributed by atoms with Crippen molar-refractivity contribution in [1.29, 1.82) is 0 Å². The first kappa shape index (κ1) is 29.3. The number of carboxylic acids is 1. The van der Waals surface area contributed by atoms with Crippen LogP contribution in [0, 0.1) is 18.8 Å². The standard InChI is InChI=1S/C29H36N4O6S/c1-18(2)26(32-40(38,39)22-10-8-19(3)9-11-22)28(35)33-14-12-20(13-15-33)27(34)31-25(29(36)37)16-21-17-30-24-7-5-4-6-23(21)24/h4-11,17-18,20,25-26,30,32H,12-16H2,1-3H3,(H,31,34)(H,36,37)/t25-,26+/m0/s1. The van der Waals surface area contributed by atoms with E-state index >= 15 is 0 Å². The first-order valence-electron chi connectivity index (χ1n) is 13.4. The van der Waals surface area contributed by atoms with Gasteiger partial charge in [-0.25, -0.2) is 13.2 Å². The van der Waals surface area contributed by atoms with E-state index in [0.717, 1.165) is 22.0 Å². The first-order chi connectivity index (χ1) is 19.0. The van der Waals surface area contributed by atoms with Gasteiger partial charge in [0.05, 0.1) is 4.90 Å². The number of carbonyl (C=O) groups is 3. The van der Waals surface area contributed by atoms with Crippen molar-refractivity contribution in [1.82, 2.24) is 19.9 Å². The second-order valence-electron chi connectivity index (χ2n) is 10.7. The molecule has 2 atom stereocenters. The summed E-state index contributed by atoms with van der Waals surface area (Å²) < 4.78 is 28.5. The number of aromatic amines is 1. The molecule has 0 saturated carbocycles. The van der Waals surface area contributed by atoms with Crippen LogP contribution in [0.3, 0.4) is 0 Å². The van der Waals surface area contributed by atoms with Crippen LogP contribution in [-0.4, -0.2) is 66.4 Å². The number of fused-ring (bicyclic) bond motifs is 1. The first-order valence-corrected chi connectivity index (χ1v) is 14.9. The molecule has 1 fully saturated rings. The summed E-state index contributed by atoms with van der Waals surface area (Å²) in [5, 5.41) is 13.4. The fourth-order valence-electron chi connectivity index (χ4n) is 4.99. The molecule has 2 amide bonds. The van der Waals surface area contributed by atoms with Crippen LogP contribution in [0.2, 0.25) is 0 Å². The number of piperidine rings is 1. The van der Waals surface area contributed by atoms with Crippen LogP contribution in [0.1, 0.15) is 37.8 Å². The Balaban J connectivity index is 1.35. The molecule has 1 saturated heterocycles. The number of nitrogens with zero attached hydrogens (tertiary/aromatic N) is 1. The van der Waals surface area contributed by atoms with Gasteiger partial charge < -0.3 is 20.3 Å². The van der Waals surface area contributed by atoms with E-state index in [1.54, 1.807) is 37.1 Å². The molecular formula is C29H36N4O6S. The van der Waals surface area contributed by atoms with Crippen molar-refractivity contribution >= 4 is 38.7 Å². The highest BCUT2D eigenvalue weighted by Gasteiger charge is 2.35. The Hall–Kier alpha value is -3.70. The Labute approximate surface area is 234 Å². The molecule has 1 aliphatic rings. The zero-order chi connectivity index (χ0) is 29.0. The zero-order valence-electron chi connectivity index (χ0n) is 22.9. The molecule has 1 aliphatic heterocycles. The Morgan fingerprint density at radius 1 is 1.05 bits per heavy atom. The second-order valence-corrected chi connectivity index (χ2v) is 12.4. The molecule has 10 nitrogen and oxygen atoms in total. The van der Waals surface area contributed by atoms with E-state index in [1.165, 1.54) is 12.1 Å². The van der Waals surface area contributed by atoms with Gasteiger partial charge in [-0.2, -0.15) is 4.72 Å². The van der Waals surface area contributed by atoms with E-state index in [1.807, 2.05) is 31.2 Å². The second kappa shape index (κ2) is 12.2. The molecule has 2 aromatic carbocycles. The molecule has 4 N–H and O–H groups in total. The van der Waals surface area contributed by atoms with Crippen LogP contribution >= 0.6 is 0 Å². The van der Waals surface area contributed by atoms with Crippen LogP contribution in [-0.2, 0) is 30.8 Å². The molecule has 0 bridgehead atoms. The Morgan fingerprint density at radius 2 is 1.70 bits per heavy atom. The molecular weight excluding hydrogens is 532 g/mol. The summed E-state index contributed by atoms with van der Waals surface area (Å²) >= 11 is 0. The number of likely N-dealkylation sites (tertiary alicyclic amines) is 1. The monoisotopic (exact) mass is 568 g/mol. The lowest BCUT2D eigenvalue weighted by atomic mass is 9.93. The van der Waals surface area contributed by atoms with Crippen LogP contribution in [0.15, 0.2) is 59.6 Å². The van der Waals surface area contributed by atoms with Gasteiger partial charge in [-0.1, -0.05) is 49.7 Å². The van der Waals surface area contributed by atoms with E-state index in [0.29, 0.717) is 12.8 Å². The van der Waals surface area contributed by atoms with Gasteiger partial charge >= 0.3 is 5.97 Å². The number of rotatable bonds is 10. The van der Waals surface area contributed by atoms with Gasteiger partial charge in [0, 0.05) is 42.5 Å². The van der Waals surface area contributed by atoms with Gasteiger partial charge in [0.2, 0.25) is 21.8 Å². The van der Waals surface area contributed by atoms with Crippen molar-refractivity contribution in [3.05, 3.63) is 65.9 Å². The average Bonchev–Trinajstić information content (AvgIpc) is 3.34. The van der Waals surface area contributed by atoms with Crippen molar-refractivity contribution < 1.29 is 27.9 Å². The fourth-order valence-corrected chi connectivity index (χ4v) is 6.33. The lowest BCUT2D eigenvalue weighted by Gasteiger charge is -2.35. The molecule has 0 radical (unpaired) electrons. The number of aromatic nitrogens is 1. The molecule has 3 aromatic rings. The van der Waals surface area contributed by atoms with Gasteiger partial charge in [0.15, 0.2) is 0 Å². The fraction of sp³-hybridized carbons (Fsp3) is 0.414. The molecule has 0 spiro atoms. The minimum absolute atomic E-state index is 0.0903. The summed E-state index contributed by atoms with van der Waals surface area (Å²) in [6.07, 6.45) is 2.60. The molecule has 0 unspecified atom stereocenters. The highest BCUT2D eigenvalue weighted by Crippen LogP contribution is 2.22. The molecule has 2 heterocycles. The van der Waals surface area contributed by atoms with Crippen LogP contribution < -0.4 is 10.0 Å². The maximum absolute atomic E-state index is 13.3. The van der Waals surface area contributed by atoms with E-state index < -0.39 is 34.0 Å². The van der Waals surface area contributed by atoms with Crippen molar-refractivity contribution in [2.24, 2.45) is 11.8 Å². The number of nitrogens with one attached hydrogen (secondary N) is 3. The number of carboxylic acid groups (broad SMARTS) is 1. The number of hydrogen-bond donors (Lipinski definition) is 4. The predicted octanol–water partition coefficient (Wildman–Crippen LogP) is 2.83. The maximum Gasteiger partial charge on any atom is 0.326 e. The predicted molar refractivity (Wildman–Crippen MR) is 151 cm³/mol. The molecule has 1 aromatic heterocycles. The van der Waals surface area contributed by atoms with Crippen LogP contribution in [0.5, 0.6) is 0 Å². The number of hydrogen-bond acceptors (Lipinski definition) is 5. The van der Waals surface area contributed by atoms with Gasteiger partial charge in [0.25, 0.3) is 0 Å². The van der Waals surface area contributed by atoms with Crippen molar-refractivity contribution in [2.75, 3.05) is 13.1 Å². The highest BCUT2D eigenvalue weighted by atomic mass is 32.2. The van der Waals surface area contributed by atoms with Crippen LogP contribution in [0.25, 0.3) is 10.9 Å². The zero-order valence-corrected chi connectivity index (χ0v) is 23.7. The normalized spacial score (nSPS) is 16.1. The number of para-hydroxylation sites is 1. The number of aryl methyl sites for hydroxylation is 1. The van der Waals surface area contributed by atoms with Crippen molar-refractivity contribution in [3.8, 4) is 0 Å². The summed E-state index contributed by atoms with van der Waals surface area (Å²) in [6, 6.07) is 11.9. The molecule has 214 valence electrons. The molecule has 11 heteroatoms. The third-order valence-corrected chi connectivity index (χ3v) is 8.89. The third-order valence-electron chi connectivity index (χ3n) is 7.44. The SMILES string of the molecule is Cc1ccc(S(=O)(=O)N[C@@H](C(=O)N2CCC(C(=O)N[C@@H](Cc3c[nH]c4ccccc34)C(=O)O)CC2)C(C)C)cc1. The summed E-state index contributed by atoms with van der Waals surface area (Å²) in [4.78, 5) is 43.1.